The van der Waals surface area contributed by atoms with Gasteiger partial charge in [-0.25, -0.2) is 0 Å². The third kappa shape index (κ3) is 1.13. The minimum atomic E-state index is -1.55. The highest BCUT2D eigenvalue weighted by Gasteiger charge is 2.65. The number of hydrogen-bond donors (Lipinski definition) is 2. The fraction of sp³-hybridized carbons (Fsp3) is 0.636. The van der Waals surface area contributed by atoms with E-state index in [-0.39, 0.29) is 18.1 Å². The van der Waals surface area contributed by atoms with E-state index in [0.29, 0.717) is 6.42 Å². The molecule has 0 aromatic heterocycles. The summed E-state index contributed by atoms with van der Waals surface area (Å²) in [5, 5.41) is 19.8. The predicted molar refractivity (Wildman–Crippen MR) is 53.1 cm³/mol. The minimum absolute atomic E-state index is 0.0920. The third-order valence-corrected chi connectivity index (χ3v) is 3.73. The van der Waals surface area contributed by atoms with Crippen molar-refractivity contribution in [3.05, 3.63) is 12.3 Å². The fourth-order valence-corrected chi connectivity index (χ4v) is 2.64. The van der Waals surface area contributed by atoms with E-state index in [4.69, 9.17) is 4.74 Å². The van der Waals surface area contributed by atoms with Gasteiger partial charge >= 0.3 is 5.97 Å². The molecule has 2 N–H and O–H groups in total. The first kappa shape index (κ1) is 11.3. The second-order valence-corrected chi connectivity index (χ2v) is 4.50. The Hall–Kier alpha value is -1.20. The fourth-order valence-electron chi connectivity index (χ4n) is 2.64. The van der Waals surface area contributed by atoms with Crippen molar-refractivity contribution in [2.45, 2.75) is 32.0 Å². The Morgan fingerprint density at radius 1 is 1.38 bits per heavy atom. The zero-order valence-electron chi connectivity index (χ0n) is 8.97. The van der Waals surface area contributed by atoms with Gasteiger partial charge in [-0.05, 0) is 12.3 Å². The van der Waals surface area contributed by atoms with Crippen LogP contribution >= 0.6 is 0 Å². The molecular weight excluding hydrogens is 212 g/mol. The van der Waals surface area contributed by atoms with Gasteiger partial charge in [-0.15, -0.1) is 0 Å². The molecule has 2 fully saturated rings. The summed E-state index contributed by atoms with van der Waals surface area (Å²) in [5.74, 6) is -1.59. The molecule has 0 aromatic rings. The highest BCUT2D eigenvalue weighted by molar-refractivity contribution is 5.95. The molecule has 88 valence electrons. The van der Waals surface area contributed by atoms with E-state index in [0.717, 1.165) is 0 Å². The van der Waals surface area contributed by atoms with Gasteiger partial charge in [-0.1, -0.05) is 13.5 Å². The van der Waals surface area contributed by atoms with E-state index in [1.807, 2.05) is 0 Å². The number of aliphatic hydroxyl groups is 2. The van der Waals surface area contributed by atoms with E-state index in [9.17, 15) is 19.8 Å². The SMILES string of the molecule is C=C1OC(=O)[C@]2([C@H](C)CCC(=O)[C@@H]2O)[C@H]1O. The van der Waals surface area contributed by atoms with Gasteiger partial charge in [0.15, 0.2) is 5.78 Å². The number of esters is 1. The normalized spacial score (nSPS) is 43.9. The van der Waals surface area contributed by atoms with Crippen LogP contribution < -0.4 is 0 Å². The molecule has 5 nitrogen and oxygen atoms in total. The number of aliphatic hydroxyl groups excluding tert-OH is 2. The number of ether oxygens (including phenoxy) is 1. The molecule has 0 amide bonds. The number of hydrogen-bond acceptors (Lipinski definition) is 5. The van der Waals surface area contributed by atoms with Crippen molar-refractivity contribution in [3.63, 3.8) is 0 Å². The Morgan fingerprint density at radius 2 is 2.00 bits per heavy atom. The Morgan fingerprint density at radius 3 is 2.50 bits per heavy atom. The molecule has 4 atom stereocenters. The van der Waals surface area contributed by atoms with Crippen molar-refractivity contribution in [1.82, 2.24) is 0 Å². The average Bonchev–Trinajstić information content (AvgIpc) is 2.45. The molecule has 2 aliphatic rings. The largest absolute Gasteiger partial charge is 0.428 e. The summed E-state index contributed by atoms with van der Waals surface area (Å²) in [6, 6.07) is 0. The quantitative estimate of drug-likeness (QED) is 0.557. The summed E-state index contributed by atoms with van der Waals surface area (Å²) >= 11 is 0. The van der Waals surface area contributed by atoms with Crippen LogP contribution in [0, 0.1) is 11.3 Å². The van der Waals surface area contributed by atoms with E-state index >= 15 is 0 Å². The Labute approximate surface area is 92.7 Å². The molecule has 0 bridgehead atoms. The monoisotopic (exact) mass is 226 g/mol. The Balaban J connectivity index is 2.51. The van der Waals surface area contributed by atoms with Gasteiger partial charge in [0.2, 0.25) is 0 Å². The van der Waals surface area contributed by atoms with Gasteiger partial charge in [0.25, 0.3) is 0 Å². The first-order valence-electron chi connectivity index (χ1n) is 5.22. The molecule has 0 aromatic carbocycles. The molecule has 5 heteroatoms. The molecule has 1 saturated carbocycles. The van der Waals surface area contributed by atoms with E-state index in [1.54, 1.807) is 6.92 Å². The minimum Gasteiger partial charge on any atom is -0.428 e. The summed E-state index contributed by atoms with van der Waals surface area (Å²) in [6.45, 7) is 5.13. The second-order valence-electron chi connectivity index (χ2n) is 4.50. The van der Waals surface area contributed by atoms with Crippen LogP contribution in [0.1, 0.15) is 19.8 Å². The molecule has 1 aliphatic carbocycles. The summed E-state index contributed by atoms with van der Waals surface area (Å²) < 4.78 is 4.76. The van der Waals surface area contributed by atoms with Crippen molar-refractivity contribution < 1.29 is 24.5 Å². The first-order valence-corrected chi connectivity index (χ1v) is 5.22. The maximum atomic E-state index is 11.8. The highest BCUT2D eigenvalue weighted by Crippen LogP contribution is 2.49. The van der Waals surface area contributed by atoms with Crippen LogP contribution in [0.3, 0.4) is 0 Å². The number of Topliss-reactive ketones (excluding diaryl/α,β-unsaturated/α-hetero) is 1. The first-order chi connectivity index (χ1) is 7.42. The molecule has 1 saturated heterocycles. The molecule has 0 radical (unpaired) electrons. The highest BCUT2D eigenvalue weighted by atomic mass is 16.6. The lowest BCUT2D eigenvalue weighted by Crippen LogP contribution is -2.57. The van der Waals surface area contributed by atoms with Crippen LogP contribution in [0.25, 0.3) is 0 Å². The van der Waals surface area contributed by atoms with Gasteiger partial charge in [-0.2, -0.15) is 0 Å². The van der Waals surface area contributed by atoms with Crippen LogP contribution in [0.2, 0.25) is 0 Å². The number of ketones is 1. The lowest BCUT2D eigenvalue weighted by molar-refractivity contribution is -0.170. The van der Waals surface area contributed by atoms with Crippen LogP contribution in [0.4, 0.5) is 0 Å². The Kier molecular flexibility index (Phi) is 2.40. The molecule has 1 heterocycles. The summed E-state index contributed by atoms with van der Waals surface area (Å²) in [6.07, 6.45) is -2.14. The number of carbonyl (C=O) groups excluding carboxylic acids is 2. The van der Waals surface area contributed by atoms with Gasteiger partial charge in [0, 0.05) is 6.42 Å². The van der Waals surface area contributed by atoms with Crippen molar-refractivity contribution in [2.75, 3.05) is 0 Å². The lowest BCUT2D eigenvalue weighted by atomic mass is 9.62. The van der Waals surface area contributed by atoms with Crippen LogP contribution in [-0.2, 0) is 14.3 Å². The molecular formula is C11H14O5. The topological polar surface area (TPSA) is 83.8 Å². The maximum Gasteiger partial charge on any atom is 0.323 e. The van der Waals surface area contributed by atoms with E-state index in [1.165, 1.54) is 0 Å². The Bertz CT molecular complexity index is 375. The smallest absolute Gasteiger partial charge is 0.323 e. The maximum absolute atomic E-state index is 11.8. The third-order valence-electron chi connectivity index (χ3n) is 3.73. The van der Waals surface area contributed by atoms with Crippen molar-refractivity contribution >= 4 is 11.8 Å². The lowest BCUT2D eigenvalue weighted by Gasteiger charge is -2.40. The number of rotatable bonds is 0. The van der Waals surface area contributed by atoms with Crippen molar-refractivity contribution in [3.8, 4) is 0 Å². The van der Waals surface area contributed by atoms with Crippen molar-refractivity contribution in [2.24, 2.45) is 11.3 Å². The van der Waals surface area contributed by atoms with Crippen LogP contribution in [-0.4, -0.2) is 34.2 Å². The summed E-state index contributed by atoms with van der Waals surface area (Å²) in [5.41, 5.74) is -1.55. The molecule has 1 spiro atoms. The van der Waals surface area contributed by atoms with Gasteiger partial charge in [0.1, 0.15) is 23.4 Å². The zero-order chi connectivity index (χ0) is 12.1. The van der Waals surface area contributed by atoms with Gasteiger partial charge in [0.05, 0.1) is 0 Å². The van der Waals surface area contributed by atoms with Crippen molar-refractivity contribution in [1.29, 1.82) is 0 Å². The van der Waals surface area contributed by atoms with E-state index < -0.39 is 29.4 Å². The van der Waals surface area contributed by atoms with Crippen LogP contribution in [0.5, 0.6) is 0 Å². The second kappa shape index (κ2) is 3.40. The van der Waals surface area contributed by atoms with Crippen LogP contribution in [0.15, 0.2) is 12.3 Å². The molecule has 2 rings (SSSR count). The van der Waals surface area contributed by atoms with Gasteiger partial charge in [-0.3, -0.25) is 9.59 Å². The molecule has 1 aliphatic heterocycles. The zero-order valence-corrected chi connectivity index (χ0v) is 8.97. The summed E-state index contributed by atoms with van der Waals surface area (Å²) in [7, 11) is 0. The molecule has 0 unspecified atom stereocenters. The molecule has 16 heavy (non-hydrogen) atoms. The number of carbonyl (C=O) groups is 2. The standard InChI is InChI=1S/C11H14O5/c1-5-3-4-7(12)9(14)11(5)8(13)6(2)16-10(11)15/h5,8-9,13-14H,2-4H2,1H3/t5-,8+,9+,11-/m1/s1. The summed E-state index contributed by atoms with van der Waals surface area (Å²) in [4.78, 5) is 23.3. The van der Waals surface area contributed by atoms with Gasteiger partial charge < -0.3 is 14.9 Å². The average molecular weight is 226 g/mol. The predicted octanol–water partition coefficient (Wildman–Crippen LogP) is -0.236. The van der Waals surface area contributed by atoms with E-state index in [2.05, 4.69) is 6.58 Å². The number of cyclic esters (lactones) is 1.